The standard InChI is InChI=1S/C21H26N2O5S/c1-27-19-11-10-17(29(25,26)23-13-5-6-14-23)15-16(19)9-12-21(24)22-18-7-3-4-8-20(18)28-2/h3-4,7-8,10-11,15H,5-6,9,12-14H2,1-2H3,(H,22,24). The minimum Gasteiger partial charge on any atom is -0.496 e. The second kappa shape index (κ2) is 9.28. The largest absolute Gasteiger partial charge is 0.496 e. The molecule has 3 rings (SSSR count). The van der Waals surface area contributed by atoms with Crippen LogP contribution in [-0.2, 0) is 21.2 Å². The molecule has 0 bridgehead atoms. The number of hydrogen-bond donors (Lipinski definition) is 1. The van der Waals surface area contributed by atoms with E-state index in [9.17, 15) is 13.2 Å². The van der Waals surface area contributed by atoms with Gasteiger partial charge in [-0.3, -0.25) is 4.79 Å². The number of carbonyl (C=O) groups excluding carboxylic acids is 1. The van der Waals surface area contributed by atoms with Crippen molar-refractivity contribution in [3.63, 3.8) is 0 Å². The molecule has 2 aromatic carbocycles. The molecule has 2 aromatic rings. The summed E-state index contributed by atoms with van der Waals surface area (Å²) in [6.45, 7) is 1.09. The third-order valence-corrected chi connectivity index (χ3v) is 6.85. The molecular formula is C21H26N2O5S. The quantitative estimate of drug-likeness (QED) is 0.712. The summed E-state index contributed by atoms with van der Waals surface area (Å²) < 4.78 is 37.8. The molecule has 0 spiro atoms. The molecule has 1 heterocycles. The van der Waals surface area contributed by atoms with Gasteiger partial charge in [0.1, 0.15) is 11.5 Å². The number of amides is 1. The fraction of sp³-hybridized carbons (Fsp3) is 0.381. The SMILES string of the molecule is COc1ccc(S(=O)(=O)N2CCCC2)cc1CCC(=O)Nc1ccccc1OC. The molecule has 29 heavy (non-hydrogen) atoms. The second-order valence-corrected chi connectivity index (χ2v) is 8.77. The molecule has 0 atom stereocenters. The molecule has 7 nitrogen and oxygen atoms in total. The average molecular weight is 419 g/mol. The Morgan fingerprint density at radius 3 is 2.41 bits per heavy atom. The van der Waals surface area contributed by atoms with Gasteiger partial charge in [0.25, 0.3) is 0 Å². The molecule has 1 fully saturated rings. The monoisotopic (exact) mass is 418 g/mol. The molecular weight excluding hydrogens is 392 g/mol. The molecule has 1 amide bonds. The number of rotatable bonds is 8. The van der Waals surface area contributed by atoms with E-state index in [0.29, 0.717) is 42.3 Å². The van der Waals surface area contributed by atoms with Crippen molar-refractivity contribution in [1.82, 2.24) is 4.31 Å². The number of ether oxygens (including phenoxy) is 2. The number of para-hydroxylation sites is 2. The van der Waals surface area contributed by atoms with E-state index < -0.39 is 10.0 Å². The Hall–Kier alpha value is -2.58. The predicted molar refractivity (Wildman–Crippen MR) is 111 cm³/mol. The first kappa shape index (κ1) is 21.1. The molecule has 0 saturated carbocycles. The van der Waals surface area contributed by atoms with Gasteiger partial charge in [0, 0.05) is 19.5 Å². The maximum Gasteiger partial charge on any atom is 0.243 e. The summed E-state index contributed by atoms with van der Waals surface area (Å²) in [6.07, 6.45) is 2.30. The first-order valence-electron chi connectivity index (χ1n) is 9.55. The van der Waals surface area contributed by atoms with Gasteiger partial charge in [-0.2, -0.15) is 4.31 Å². The maximum atomic E-state index is 12.8. The van der Waals surface area contributed by atoms with Crippen molar-refractivity contribution < 1.29 is 22.7 Å². The Morgan fingerprint density at radius 1 is 1.03 bits per heavy atom. The fourth-order valence-electron chi connectivity index (χ4n) is 3.40. The molecule has 0 aromatic heterocycles. The molecule has 156 valence electrons. The van der Waals surface area contributed by atoms with Gasteiger partial charge < -0.3 is 14.8 Å². The van der Waals surface area contributed by atoms with Crippen LogP contribution < -0.4 is 14.8 Å². The molecule has 1 aliphatic rings. The number of carbonyl (C=O) groups is 1. The summed E-state index contributed by atoms with van der Waals surface area (Å²) in [6, 6.07) is 12.0. The molecule has 0 radical (unpaired) electrons. The van der Waals surface area contributed by atoms with Crippen LogP contribution in [0.5, 0.6) is 11.5 Å². The van der Waals surface area contributed by atoms with E-state index in [4.69, 9.17) is 9.47 Å². The van der Waals surface area contributed by atoms with E-state index in [0.717, 1.165) is 12.8 Å². The lowest BCUT2D eigenvalue weighted by Gasteiger charge is -2.17. The van der Waals surface area contributed by atoms with Crippen LogP contribution in [0.3, 0.4) is 0 Å². The van der Waals surface area contributed by atoms with Gasteiger partial charge in [0.2, 0.25) is 15.9 Å². The number of sulfonamides is 1. The van der Waals surface area contributed by atoms with Crippen molar-refractivity contribution in [1.29, 1.82) is 0 Å². The van der Waals surface area contributed by atoms with E-state index >= 15 is 0 Å². The van der Waals surface area contributed by atoms with Gasteiger partial charge in [-0.15, -0.1) is 0 Å². The Morgan fingerprint density at radius 2 is 1.72 bits per heavy atom. The highest BCUT2D eigenvalue weighted by atomic mass is 32.2. The number of nitrogens with one attached hydrogen (secondary N) is 1. The summed E-state index contributed by atoms with van der Waals surface area (Å²) >= 11 is 0. The number of hydrogen-bond acceptors (Lipinski definition) is 5. The maximum absolute atomic E-state index is 12.8. The van der Waals surface area contributed by atoms with Crippen molar-refractivity contribution in [2.24, 2.45) is 0 Å². The van der Waals surface area contributed by atoms with Crippen molar-refractivity contribution in [2.45, 2.75) is 30.6 Å². The number of nitrogens with zero attached hydrogens (tertiary/aromatic N) is 1. The summed E-state index contributed by atoms with van der Waals surface area (Å²) in [5.74, 6) is 0.956. The van der Waals surface area contributed by atoms with Gasteiger partial charge in [-0.25, -0.2) is 8.42 Å². The summed E-state index contributed by atoms with van der Waals surface area (Å²) in [4.78, 5) is 12.6. The van der Waals surface area contributed by atoms with Gasteiger partial charge in [-0.05, 0) is 55.2 Å². The zero-order valence-corrected chi connectivity index (χ0v) is 17.5. The topological polar surface area (TPSA) is 84.9 Å². The highest BCUT2D eigenvalue weighted by Crippen LogP contribution is 2.28. The zero-order valence-electron chi connectivity index (χ0n) is 16.7. The van der Waals surface area contributed by atoms with Crippen molar-refractivity contribution >= 4 is 21.6 Å². The smallest absolute Gasteiger partial charge is 0.243 e. The van der Waals surface area contributed by atoms with Crippen LogP contribution in [0.4, 0.5) is 5.69 Å². The van der Waals surface area contributed by atoms with Gasteiger partial charge in [-0.1, -0.05) is 12.1 Å². The molecule has 0 unspecified atom stereocenters. The highest BCUT2D eigenvalue weighted by Gasteiger charge is 2.27. The first-order chi connectivity index (χ1) is 14.0. The Kier molecular flexibility index (Phi) is 6.76. The fourth-order valence-corrected chi connectivity index (χ4v) is 4.97. The van der Waals surface area contributed by atoms with Crippen LogP contribution in [0.25, 0.3) is 0 Å². The summed E-state index contributed by atoms with van der Waals surface area (Å²) in [5.41, 5.74) is 1.28. The number of anilines is 1. The van der Waals surface area contributed by atoms with E-state index in [-0.39, 0.29) is 17.2 Å². The predicted octanol–water partition coefficient (Wildman–Crippen LogP) is 3.06. The third-order valence-electron chi connectivity index (χ3n) is 4.96. The van der Waals surface area contributed by atoms with Gasteiger partial charge in [0.15, 0.2) is 0 Å². The molecule has 8 heteroatoms. The minimum atomic E-state index is -3.52. The van der Waals surface area contributed by atoms with Gasteiger partial charge in [0.05, 0.1) is 24.8 Å². The Bertz CT molecular complexity index is 969. The van der Waals surface area contributed by atoms with Gasteiger partial charge >= 0.3 is 0 Å². The number of methoxy groups -OCH3 is 2. The van der Waals surface area contributed by atoms with Crippen LogP contribution in [0.15, 0.2) is 47.4 Å². The zero-order chi connectivity index (χ0) is 20.9. The summed E-state index contributed by atoms with van der Waals surface area (Å²) in [5, 5.41) is 2.83. The van der Waals surface area contributed by atoms with Crippen LogP contribution in [0.1, 0.15) is 24.8 Å². The van der Waals surface area contributed by atoms with Crippen LogP contribution in [0, 0.1) is 0 Å². The van der Waals surface area contributed by atoms with E-state index in [1.807, 2.05) is 12.1 Å². The van der Waals surface area contributed by atoms with Crippen LogP contribution in [-0.4, -0.2) is 45.9 Å². The lowest BCUT2D eigenvalue weighted by molar-refractivity contribution is -0.116. The van der Waals surface area contributed by atoms with Crippen molar-refractivity contribution in [2.75, 3.05) is 32.6 Å². The third kappa shape index (κ3) is 4.89. The van der Waals surface area contributed by atoms with Crippen LogP contribution >= 0.6 is 0 Å². The Balaban J connectivity index is 1.73. The Labute approximate surface area is 171 Å². The highest BCUT2D eigenvalue weighted by molar-refractivity contribution is 7.89. The van der Waals surface area contributed by atoms with E-state index in [2.05, 4.69) is 5.32 Å². The van der Waals surface area contributed by atoms with Crippen molar-refractivity contribution in [3.05, 3.63) is 48.0 Å². The normalized spacial score (nSPS) is 14.6. The van der Waals surface area contributed by atoms with Crippen molar-refractivity contribution in [3.8, 4) is 11.5 Å². The summed E-state index contributed by atoms with van der Waals surface area (Å²) in [7, 11) is -0.448. The first-order valence-corrected chi connectivity index (χ1v) is 11.0. The lowest BCUT2D eigenvalue weighted by Crippen LogP contribution is -2.28. The van der Waals surface area contributed by atoms with E-state index in [1.165, 1.54) is 11.4 Å². The minimum absolute atomic E-state index is 0.182. The second-order valence-electron chi connectivity index (χ2n) is 6.83. The van der Waals surface area contributed by atoms with E-state index in [1.54, 1.807) is 37.4 Å². The average Bonchev–Trinajstić information content (AvgIpc) is 3.28. The molecule has 1 aliphatic heterocycles. The van der Waals surface area contributed by atoms with Crippen LogP contribution in [0.2, 0.25) is 0 Å². The molecule has 1 N–H and O–H groups in total. The molecule has 0 aliphatic carbocycles. The number of benzene rings is 2. The number of aryl methyl sites for hydroxylation is 1. The lowest BCUT2D eigenvalue weighted by atomic mass is 10.1. The molecule has 1 saturated heterocycles.